The molecule has 6 heteroatoms. The Bertz CT molecular complexity index is 623. The molecule has 0 bridgehead atoms. The maximum Gasteiger partial charge on any atom is 0.326 e. The van der Waals surface area contributed by atoms with E-state index in [4.69, 9.17) is 12.2 Å². The lowest BCUT2D eigenvalue weighted by molar-refractivity contribution is 0.256. The molecule has 0 atom stereocenters. The number of aryl methyl sites for hydroxylation is 2. The number of anilines is 1. The number of amides is 2. The number of nitrogens with one attached hydrogen (secondary N) is 2. The van der Waals surface area contributed by atoms with Crippen LogP contribution in [0.4, 0.5) is 10.7 Å². The molecule has 1 heterocycles. The van der Waals surface area contributed by atoms with Gasteiger partial charge in [0, 0.05) is 17.0 Å². The maximum atomic E-state index is 11.8. The molecule has 102 valence electrons. The summed E-state index contributed by atoms with van der Waals surface area (Å²) in [5.74, 6) is 0.260. The van der Waals surface area contributed by atoms with Gasteiger partial charge in [-0.2, -0.15) is 0 Å². The average Bonchev–Trinajstić information content (AvgIpc) is 2.38. The van der Waals surface area contributed by atoms with Crippen molar-refractivity contribution in [1.82, 2.24) is 15.3 Å². The largest absolute Gasteiger partial charge is 0.326 e. The van der Waals surface area contributed by atoms with Crippen molar-refractivity contribution in [1.29, 1.82) is 0 Å². The van der Waals surface area contributed by atoms with Gasteiger partial charge < -0.3 is 0 Å². The van der Waals surface area contributed by atoms with Gasteiger partial charge in [0.25, 0.3) is 0 Å². The molecule has 0 fully saturated rings. The lowest BCUT2D eigenvalue weighted by atomic mass is 10.2. The molecular weight excluding hydrogens is 272 g/mol. The van der Waals surface area contributed by atoms with E-state index in [2.05, 4.69) is 20.6 Å². The summed E-state index contributed by atoms with van der Waals surface area (Å²) in [6.07, 6.45) is 0. The van der Waals surface area contributed by atoms with E-state index in [-0.39, 0.29) is 5.95 Å². The summed E-state index contributed by atoms with van der Waals surface area (Å²) in [4.78, 5) is 20.4. The number of hydrogen-bond donors (Lipinski definition) is 2. The molecule has 20 heavy (non-hydrogen) atoms. The number of carbonyl (C=O) groups is 1. The molecule has 0 aliphatic rings. The van der Waals surface area contributed by atoms with Crippen molar-refractivity contribution in [2.75, 3.05) is 5.32 Å². The maximum absolute atomic E-state index is 11.8. The highest BCUT2D eigenvalue weighted by Crippen LogP contribution is 2.04. The Labute approximate surface area is 122 Å². The second-order valence-corrected chi connectivity index (χ2v) is 4.66. The Morgan fingerprint density at radius 1 is 1.10 bits per heavy atom. The monoisotopic (exact) mass is 286 g/mol. The van der Waals surface area contributed by atoms with Gasteiger partial charge in [-0.05, 0) is 19.9 Å². The first-order valence-corrected chi connectivity index (χ1v) is 6.45. The van der Waals surface area contributed by atoms with Crippen LogP contribution in [0.2, 0.25) is 0 Å². The number of thiocarbonyl (C=S) groups is 1. The molecule has 0 saturated heterocycles. The zero-order valence-corrected chi connectivity index (χ0v) is 12.0. The van der Waals surface area contributed by atoms with Crippen LogP contribution in [0.1, 0.15) is 17.0 Å². The molecule has 1 aromatic heterocycles. The van der Waals surface area contributed by atoms with Crippen molar-refractivity contribution in [3.63, 3.8) is 0 Å². The normalized spacial score (nSPS) is 9.90. The molecule has 0 aliphatic carbocycles. The van der Waals surface area contributed by atoms with Crippen LogP contribution < -0.4 is 10.6 Å². The molecule has 0 saturated carbocycles. The summed E-state index contributed by atoms with van der Waals surface area (Å²) in [5, 5.41) is 5.15. The van der Waals surface area contributed by atoms with Crippen LogP contribution in [0.25, 0.3) is 0 Å². The zero-order valence-electron chi connectivity index (χ0n) is 11.2. The number of nitrogens with zero attached hydrogens (tertiary/aromatic N) is 2. The number of urea groups is 1. The van der Waals surface area contributed by atoms with E-state index in [9.17, 15) is 4.79 Å². The van der Waals surface area contributed by atoms with Crippen molar-refractivity contribution in [3.05, 3.63) is 53.3 Å². The average molecular weight is 286 g/mol. The number of rotatable bonds is 2. The fraction of sp³-hybridized carbons (Fsp3) is 0.143. The fourth-order valence-electron chi connectivity index (χ4n) is 1.68. The molecule has 0 aliphatic heterocycles. The quantitative estimate of drug-likeness (QED) is 0.833. The van der Waals surface area contributed by atoms with Crippen molar-refractivity contribution >= 4 is 29.2 Å². The third-order valence-electron chi connectivity index (χ3n) is 2.47. The lowest BCUT2D eigenvalue weighted by Gasteiger charge is -2.08. The third-order valence-corrected chi connectivity index (χ3v) is 2.81. The molecule has 0 unspecified atom stereocenters. The van der Waals surface area contributed by atoms with E-state index < -0.39 is 6.03 Å². The molecule has 0 spiro atoms. The van der Waals surface area contributed by atoms with Gasteiger partial charge in [-0.3, -0.25) is 10.6 Å². The smallest absolute Gasteiger partial charge is 0.298 e. The van der Waals surface area contributed by atoms with Crippen LogP contribution in [-0.2, 0) is 0 Å². The van der Waals surface area contributed by atoms with Crippen LogP contribution >= 0.6 is 12.2 Å². The Kier molecular flexibility index (Phi) is 4.37. The van der Waals surface area contributed by atoms with E-state index in [1.165, 1.54) is 0 Å². The van der Waals surface area contributed by atoms with E-state index in [1.807, 2.05) is 50.2 Å². The Morgan fingerprint density at radius 3 is 2.30 bits per heavy atom. The molecule has 5 nitrogen and oxygen atoms in total. The van der Waals surface area contributed by atoms with Gasteiger partial charge in [0.1, 0.15) is 4.99 Å². The van der Waals surface area contributed by atoms with Gasteiger partial charge in [-0.1, -0.05) is 42.5 Å². The van der Waals surface area contributed by atoms with Crippen molar-refractivity contribution in [3.8, 4) is 0 Å². The zero-order chi connectivity index (χ0) is 14.5. The molecule has 2 N–H and O–H groups in total. The van der Waals surface area contributed by atoms with Crippen LogP contribution in [0, 0.1) is 13.8 Å². The molecule has 2 rings (SSSR count). The van der Waals surface area contributed by atoms with E-state index in [0.717, 1.165) is 17.0 Å². The summed E-state index contributed by atoms with van der Waals surface area (Å²) in [5.41, 5.74) is 2.36. The second kappa shape index (κ2) is 6.21. The lowest BCUT2D eigenvalue weighted by Crippen LogP contribution is -2.34. The number of benzene rings is 1. The molecule has 2 aromatic rings. The minimum Gasteiger partial charge on any atom is -0.298 e. The van der Waals surface area contributed by atoms with E-state index >= 15 is 0 Å². The van der Waals surface area contributed by atoms with E-state index in [1.54, 1.807) is 0 Å². The summed E-state index contributed by atoms with van der Waals surface area (Å²) in [6, 6.07) is 10.6. The van der Waals surface area contributed by atoms with Crippen LogP contribution in [-0.4, -0.2) is 21.0 Å². The number of aromatic nitrogens is 2. The number of carbonyl (C=O) groups excluding carboxylic acids is 1. The van der Waals surface area contributed by atoms with Gasteiger partial charge in [-0.15, -0.1) is 0 Å². The first-order valence-electron chi connectivity index (χ1n) is 6.04. The first-order chi connectivity index (χ1) is 9.54. The Balaban J connectivity index is 2.01. The Hall–Kier alpha value is -2.34. The third kappa shape index (κ3) is 3.83. The predicted molar refractivity (Wildman–Crippen MR) is 81.8 cm³/mol. The second-order valence-electron chi connectivity index (χ2n) is 4.25. The molecular formula is C14H14N4OS. The van der Waals surface area contributed by atoms with E-state index in [0.29, 0.717) is 4.99 Å². The minimum absolute atomic E-state index is 0.260. The van der Waals surface area contributed by atoms with Crippen LogP contribution in [0.5, 0.6) is 0 Å². The predicted octanol–water partition coefficient (Wildman–Crippen LogP) is 2.59. The topological polar surface area (TPSA) is 66.9 Å². The summed E-state index contributed by atoms with van der Waals surface area (Å²) >= 11 is 5.15. The van der Waals surface area contributed by atoms with Crippen LogP contribution in [0.15, 0.2) is 36.4 Å². The van der Waals surface area contributed by atoms with Gasteiger partial charge in [-0.25, -0.2) is 14.8 Å². The highest BCUT2D eigenvalue weighted by Gasteiger charge is 2.08. The van der Waals surface area contributed by atoms with Crippen LogP contribution in [0.3, 0.4) is 0 Å². The van der Waals surface area contributed by atoms with Crippen molar-refractivity contribution in [2.45, 2.75) is 13.8 Å². The van der Waals surface area contributed by atoms with Gasteiger partial charge >= 0.3 is 6.03 Å². The highest BCUT2D eigenvalue weighted by atomic mass is 32.1. The number of hydrogen-bond acceptors (Lipinski definition) is 4. The SMILES string of the molecule is Cc1cc(C)nc(NC(=O)NC(=S)c2ccccc2)n1. The van der Waals surface area contributed by atoms with Gasteiger partial charge in [0.15, 0.2) is 0 Å². The standard InChI is InChI=1S/C14H14N4OS/c1-9-8-10(2)16-13(15-9)18-14(19)17-12(20)11-6-4-3-5-7-11/h3-8H,1-2H3,(H2,15,16,17,18,19,20). The Morgan fingerprint density at radius 2 is 1.70 bits per heavy atom. The van der Waals surface area contributed by atoms with Crippen molar-refractivity contribution < 1.29 is 4.79 Å². The van der Waals surface area contributed by atoms with Gasteiger partial charge in [0.05, 0.1) is 0 Å². The fourth-order valence-corrected chi connectivity index (χ4v) is 1.91. The summed E-state index contributed by atoms with van der Waals surface area (Å²) in [7, 11) is 0. The molecule has 2 amide bonds. The summed E-state index contributed by atoms with van der Waals surface area (Å²) < 4.78 is 0. The molecule has 0 radical (unpaired) electrons. The first kappa shape index (κ1) is 14.1. The van der Waals surface area contributed by atoms with Gasteiger partial charge in [0.2, 0.25) is 5.95 Å². The highest BCUT2D eigenvalue weighted by molar-refractivity contribution is 7.80. The minimum atomic E-state index is -0.455. The summed E-state index contributed by atoms with van der Waals surface area (Å²) in [6.45, 7) is 3.68. The molecule has 1 aromatic carbocycles. The van der Waals surface area contributed by atoms with Crippen molar-refractivity contribution in [2.24, 2.45) is 0 Å².